The third-order valence-electron chi connectivity index (χ3n) is 2.62. The van der Waals surface area contributed by atoms with Crippen LogP contribution in [0.4, 0.5) is 0 Å². The first-order valence-electron chi connectivity index (χ1n) is 5.63. The molecule has 0 unspecified atom stereocenters. The van der Waals surface area contributed by atoms with E-state index in [9.17, 15) is 4.79 Å². The Morgan fingerprint density at radius 2 is 1.94 bits per heavy atom. The fourth-order valence-corrected chi connectivity index (χ4v) is 2.36. The molecule has 1 aromatic rings. The quantitative estimate of drug-likeness (QED) is 0.772. The highest BCUT2D eigenvalue weighted by atomic mass is 32.2. The molecule has 0 heterocycles. The lowest BCUT2D eigenvalue weighted by atomic mass is 10.1. The van der Waals surface area contributed by atoms with Crippen LogP contribution < -0.4 is 9.47 Å². The number of ether oxygens (including phenoxy) is 2. The predicted molar refractivity (Wildman–Crippen MR) is 71.9 cm³/mol. The van der Waals surface area contributed by atoms with Gasteiger partial charge in [-0.15, -0.1) is 11.8 Å². The van der Waals surface area contributed by atoms with E-state index in [0.717, 1.165) is 16.2 Å². The topological polar surface area (TPSA) is 55.8 Å². The van der Waals surface area contributed by atoms with Crippen LogP contribution in [-0.2, 0) is 11.2 Å². The van der Waals surface area contributed by atoms with Crippen LogP contribution in [-0.4, -0.2) is 31.6 Å². The predicted octanol–water partition coefficient (Wildman–Crippen LogP) is 2.83. The van der Waals surface area contributed by atoms with E-state index in [4.69, 9.17) is 14.6 Å². The van der Waals surface area contributed by atoms with Crippen LogP contribution in [0.2, 0.25) is 0 Å². The Balaban J connectivity index is 2.94. The molecule has 4 nitrogen and oxygen atoms in total. The number of rotatable bonds is 7. The average Bonchev–Trinajstić information content (AvgIpc) is 2.37. The Morgan fingerprint density at radius 1 is 1.28 bits per heavy atom. The third kappa shape index (κ3) is 3.57. The molecule has 0 aliphatic rings. The van der Waals surface area contributed by atoms with Crippen molar-refractivity contribution < 1.29 is 19.4 Å². The molecule has 1 aromatic carbocycles. The number of aryl methyl sites for hydroxylation is 1. The van der Waals surface area contributed by atoms with Gasteiger partial charge in [0.05, 0.1) is 19.1 Å². The molecule has 0 aliphatic carbocycles. The maximum Gasteiger partial charge on any atom is 0.303 e. The molecule has 0 saturated carbocycles. The number of aliphatic carboxylic acids is 1. The smallest absolute Gasteiger partial charge is 0.303 e. The number of carbonyl (C=O) groups is 1. The van der Waals surface area contributed by atoms with Gasteiger partial charge in [-0.25, -0.2) is 0 Å². The van der Waals surface area contributed by atoms with Crippen molar-refractivity contribution in [1.29, 1.82) is 0 Å². The highest BCUT2D eigenvalue weighted by molar-refractivity contribution is 7.98. The molecule has 0 saturated heterocycles. The van der Waals surface area contributed by atoms with Gasteiger partial charge in [-0.2, -0.15) is 0 Å². The maximum atomic E-state index is 10.5. The minimum Gasteiger partial charge on any atom is -0.493 e. The number of carboxylic acid groups (broad SMARTS) is 1. The summed E-state index contributed by atoms with van der Waals surface area (Å²) in [6.07, 6.45) is 3.39. The summed E-state index contributed by atoms with van der Waals surface area (Å²) in [6.45, 7) is 0. The van der Waals surface area contributed by atoms with Gasteiger partial charge < -0.3 is 14.6 Å². The molecule has 18 heavy (non-hydrogen) atoms. The van der Waals surface area contributed by atoms with Crippen molar-refractivity contribution in [3.63, 3.8) is 0 Å². The lowest BCUT2D eigenvalue weighted by Crippen LogP contribution is -2.00. The molecule has 1 N–H and O–H groups in total. The Bertz CT molecular complexity index is 418. The number of methoxy groups -OCH3 is 2. The van der Waals surface area contributed by atoms with Gasteiger partial charge in [0.2, 0.25) is 0 Å². The van der Waals surface area contributed by atoms with Crippen molar-refractivity contribution in [2.24, 2.45) is 0 Å². The monoisotopic (exact) mass is 270 g/mol. The first-order valence-corrected chi connectivity index (χ1v) is 6.86. The van der Waals surface area contributed by atoms with Gasteiger partial charge in [0.25, 0.3) is 0 Å². The molecular formula is C13H18O4S. The molecule has 1 rings (SSSR count). The Kier molecular flexibility index (Phi) is 5.85. The van der Waals surface area contributed by atoms with Gasteiger partial charge in [-0.05, 0) is 30.7 Å². The van der Waals surface area contributed by atoms with Crippen molar-refractivity contribution in [3.8, 4) is 11.5 Å². The summed E-state index contributed by atoms with van der Waals surface area (Å²) in [4.78, 5) is 11.5. The highest BCUT2D eigenvalue weighted by Crippen LogP contribution is 2.39. The maximum absolute atomic E-state index is 10.5. The fourth-order valence-electron chi connectivity index (χ4n) is 1.79. The molecule has 0 spiro atoms. The Hall–Kier alpha value is -1.36. The number of hydrogen-bond acceptors (Lipinski definition) is 4. The van der Waals surface area contributed by atoms with Crippen LogP contribution in [0.25, 0.3) is 0 Å². The molecule has 0 amide bonds. The standard InChI is InChI=1S/C13H18O4S/c1-16-12-9(5-4-6-11(14)15)7-8-10(18-3)13(12)17-2/h7-8H,4-6H2,1-3H3,(H,14,15). The van der Waals surface area contributed by atoms with Crippen LogP contribution in [0, 0.1) is 0 Å². The molecule has 0 aromatic heterocycles. The molecule has 0 radical (unpaired) electrons. The van der Waals surface area contributed by atoms with Crippen molar-refractivity contribution in [1.82, 2.24) is 0 Å². The van der Waals surface area contributed by atoms with Crippen LogP contribution >= 0.6 is 11.8 Å². The van der Waals surface area contributed by atoms with Crippen molar-refractivity contribution >= 4 is 17.7 Å². The third-order valence-corrected chi connectivity index (χ3v) is 3.38. The van der Waals surface area contributed by atoms with Gasteiger partial charge in [0, 0.05) is 6.42 Å². The fraction of sp³-hybridized carbons (Fsp3) is 0.462. The van der Waals surface area contributed by atoms with Gasteiger partial charge in [-0.3, -0.25) is 4.79 Å². The SMILES string of the molecule is COc1c(CCCC(=O)O)ccc(SC)c1OC. The summed E-state index contributed by atoms with van der Waals surface area (Å²) in [5.74, 6) is 0.647. The van der Waals surface area contributed by atoms with Gasteiger partial charge >= 0.3 is 5.97 Å². The number of carboxylic acids is 1. The minimum atomic E-state index is -0.776. The largest absolute Gasteiger partial charge is 0.493 e. The second kappa shape index (κ2) is 7.16. The van der Waals surface area contributed by atoms with Crippen LogP contribution in [0.3, 0.4) is 0 Å². The van der Waals surface area contributed by atoms with Crippen LogP contribution in [0.15, 0.2) is 17.0 Å². The second-order valence-corrected chi connectivity index (χ2v) is 4.59. The van der Waals surface area contributed by atoms with Gasteiger partial charge in [-0.1, -0.05) is 6.07 Å². The van der Waals surface area contributed by atoms with E-state index in [-0.39, 0.29) is 6.42 Å². The normalized spacial score (nSPS) is 10.2. The Morgan fingerprint density at radius 3 is 2.44 bits per heavy atom. The zero-order valence-corrected chi connectivity index (χ0v) is 11.7. The first-order chi connectivity index (χ1) is 8.63. The zero-order chi connectivity index (χ0) is 13.5. The van der Waals surface area contributed by atoms with Gasteiger partial charge in [0.15, 0.2) is 11.5 Å². The van der Waals surface area contributed by atoms with Crippen molar-refractivity contribution in [2.45, 2.75) is 24.2 Å². The summed E-state index contributed by atoms with van der Waals surface area (Å²) in [6, 6.07) is 3.94. The van der Waals surface area contributed by atoms with E-state index < -0.39 is 5.97 Å². The molecule has 5 heteroatoms. The molecular weight excluding hydrogens is 252 g/mol. The highest BCUT2D eigenvalue weighted by Gasteiger charge is 2.14. The van der Waals surface area contributed by atoms with Crippen molar-refractivity contribution in [2.75, 3.05) is 20.5 Å². The number of thioether (sulfide) groups is 1. The second-order valence-electron chi connectivity index (χ2n) is 3.74. The van der Waals surface area contributed by atoms with Gasteiger partial charge in [0.1, 0.15) is 0 Å². The van der Waals surface area contributed by atoms with E-state index in [1.165, 1.54) is 0 Å². The van der Waals surface area contributed by atoms with E-state index in [2.05, 4.69) is 0 Å². The summed E-state index contributed by atoms with van der Waals surface area (Å²) in [7, 11) is 3.21. The summed E-state index contributed by atoms with van der Waals surface area (Å²) < 4.78 is 10.7. The summed E-state index contributed by atoms with van der Waals surface area (Å²) >= 11 is 1.59. The lowest BCUT2D eigenvalue weighted by Gasteiger charge is -2.15. The molecule has 0 aliphatic heterocycles. The molecule has 100 valence electrons. The minimum absolute atomic E-state index is 0.162. The zero-order valence-electron chi connectivity index (χ0n) is 10.9. The Labute approximate surface area is 111 Å². The van der Waals surface area contributed by atoms with E-state index in [0.29, 0.717) is 18.6 Å². The number of benzene rings is 1. The molecule has 0 atom stereocenters. The van der Waals surface area contributed by atoms with E-state index >= 15 is 0 Å². The summed E-state index contributed by atoms with van der Waals surface area (Å²) in [5.41, 5.74) is 0.980. The van der Waals surface area contributed by atoms with E-state index in [1.807, 2.05) is 18.4 Å². The molecule has 0 bridgehead atoms. The summed E-state index contributed by atoms with van der Waals surface area (Å²) in [5, 5.41) is 8.64. The average molecular weight is 270 g/mol. The van der Waals surface area contributed by atoms with Crippen molar-refractivity contribution in [3.05, 3.63) is 17.7 Å². The van der Waals surface area contributed by atoms with E-state index in [1.54, 1.807) is 26.0 Å². The molecule has 0 fully saturated rings. The number of hydrogen-bond donors (Lipinski definition) is 1. The first kappa shape index (κ1) is 14.7. The lowest BCUT2D eigenvalue weighted by molar-refractivity contribution is -0.137. The van der Waals surface area contributed by atoms with Crippen LogP contribution in [0.5, 0.6) is 11.5 Å². The van der Waals surface area contributed by atoms with Crippen LogP contribution in [0.1, 0.15) is 18.4 Å².